The Kier molecular flexibility index (Phi) is 6.15. The zero-order valence-electron chi connectivity index (χ0n) is 26.3. The Hall–Kier alpha value is -6.65. The molecule has 49 heavy (non-hydrogen) atoms. The van der Waals surface area contributed by atoms with Crippen molar-refractivity contribution in [2.45, 2.75) is 0 Å². The molecular weight excluding hydrogens is 599 g/mol. The number of fused-ring (bicyclic) bond motifs is 6. The van der Waals surface area contributed by atoms with Gasteiger partial charge in [-0.3, -0.25) is 0 Å². The summed E-state index contributed by atoms with van der Waals surface area (Å²) >= 11 is 0. The molecule has 0 radical (unpaired) electrons. The SMILES string of the molecule is c1ccc(-c2nc(-c3cc4ccccc4o3)nc(-c3ccc(-c4c5ccccc5cc5c4ccc4ccccc45)c4ccccc34)n2)cc1. The molecule has 4 nitrogen and oxygen atoms in total. The van der Waals surface area contributed by atoms with Gasteiger partial charge in [-0.25, -0.2) is 15.0 Å². The minimum atomic E-state index is 0.500. The molecule has 0 aliphatic carbocycles. The van der Waals surface area contributed by atoms with E-state index in [1.54, 1.807) is 0 Å². The third kappa shape index (κ3) is 4.49. The molecule has 10 rings (SSSR count). The van der Waals surface area contributed by atoms with Crippen LogP contribution in [0.25, 0.3) is 99.5 Å². The van der Waals surface area contributed by atoms with E-state index in [0.717, 1.165) is 32.9 Å². The van der Waals surface area contributed by atoms with Crippen molar-refractivity contribution in [2.75, 3.05) is 0 Å². The molecule has 2 aromatic heterocycles. The number of hydrogen-bond acceptors (Lipinski definition) is 4. The van der Waals surface area contributed by atoms with Crippen LogP contribution in [-0.2, 0) is 0 Å². The summed E-state index contributed by atoms with van der Waals surface area (Å²) in [7, 11) is 0. The lowest BCUT2D eigenvalue weighted by atomic mass is 9.87. The van der Waals surface area contributed by atoms with Crippen LogP contribution in [0.2, 0.25) is 0 Å². The van der Waals surface area contributed by atoms with Crippen molar-refractivity contribution in [1.82, 2.24) is 15.0 Å². The van der Waals surface area contributed by atoms with E-state index in [-0.39, 0.29) is 0 Å². The fourth-order valence-corrected chi connectivity index (χ4v) is 7.24. The molecule has 0 atom stereocenters. The Morgan fingerprint density at radius 1 is 0.347 bits per heavy atom. The average molecular weight is 626 g/mol. The molecule has 10 aromatic rings. The van der Waals surface area contributed by atoms with E-state index in [1.165, 1.54) is 43.4 Å². The van der Waals surface area contributed by atoms with Gasteiger partial charge in [0.15, 0.2) is 23.2 Å². The Bertz CT molecular complexity index is 2860. The maximum Gasteiger partial charge on any atom is 0.199 e. The maximum atomic E-state index is 6.26. The van der Waals surface area contributed by atoms with Crippen LogP contribution in [-0.4, -0.2) is 15.0 Å². The highest BCUT2D eigenvalue weighted by Crippen LogP contribution is 2.43. The van der Waals surface area contributed by atoms with Gasteiger partial charge in [0, 0.05) is 16.5 Å². The van der Waals surface area contributed by atoms with Gasteiger partial charge in [-0.15, -0.1) is 0 Å². The highest BCUT2D eigenvalue weighted by Gasteiger charge is 2.20. The van der Waals surface area contributed by atoms with Gasteiger partial charge in [-0.1, -0.05) is 140 Å². The van der Waals surface area contributed by atoms with Crippen LogP contribution in [0.1, 0.15) is 0 Å². The van der Waals surface area contributed by atoms with E-state index in [2.05, 4.69) is 103 Å². The molecule has 0 bridgehead atoms. The third-order valence-electron chi connectivity index (χ3n) is 9.52. The second-order valence-corrected chi connectivity index (χ2v) is 12.4. The first kappa shape index (κ1) is 27.5. The average Bonchev–Trinajstić information content (AvgIpc) is 3.62. The predicted molar refractivity (Wildman–Crippen MR) is 201 cm³/mol. The summed E-state index contributed by atoms with van der Waals surface area (Å²) in [6.45, 7) is 0. The second-order valence-electron chi connectivity index (χ2n) is 12.4. The van der Waals surface area contributed by atoms with E-state index in [9.17, 15) is 0 Å². The van der Waals surface area contributed by atoms with E-state index >= 15 is 0 Å². The number of furan rings is 1. The Labute approximate surface area is 282 Å². The largest absolute Gasteiger partial charge is 0.453 e. The molecule has 228 valence electrons. The monoisotopic (exact) mass is 625 g/mol. The standard InChI is InChI=1S/C45H27N3O/c1-2-13-29(14-3-1)43-46-44(48-45(47-43)41-27-31-16-6-11-21-40(31)49-41)38-25-24-36(34-19-9-10-20-35(34)38)42-33-18-8-5-15-30(33)26-39-32-17-7-4-12-28(32)22-23-37(39)42/h1-27H. The smallest absolute Gasteiger partial charge is 0.199 e. The minimum Gasteiger partial charge on any atom is -0.453 e. The molecule has 0 spiro atoms. The van der Waals surface area contributed by atoms with Crippen LogP contribution in [0.5, 0.6) is 0 Å². The van der Waals surface area contributed by atoms with E-state index in [1.807, 2.05) is 60.7 Å². The van der Waals surface area contributed by atoms with Crippen molar-refractivity contribution in [3.63, 3.8) is 0 Å². The van der Waals surface area contributed by atoms with Gasteiger partial charge in [0.2, 0.25) is 0 Å². The summed E-state index contributed by atoms with van der Waals surface area (Å²) in [5.74, 6) is 2.31. The number of para-hydroxylation sites is 1. The molecule has 0 fully saturated rings. The Morgan fingerprint density at radius 3 is 1.78 bits per heavy atom. The minimum absolute atomic E-state index is 0.500. The zero-order chi connectivity index (χ0) is 32.3. The number of nitrogens with zero attached hydrogens (tertiary/aromatic N) is 3. The molecule has 0 amide bonds. The molecular formula is C45H27N3O. The van der Waals surface area contributed by atoms with Gasteiger partial charge < -0.3 is 4.42 Å². The number of rotatable bonds is 4. The van der Waals surface area contributed by atoms with Gasteiger partial charge in [-0.2, -0.15) is 0 Å². The lowest BCUT2D eigenvalue weighted by Gasteiger charge is -2.17. The molecule has 2 heterocycles. The van der Waals surface area contributed by atoms with E-state index < -0.39 is 0 Å². The normalized spacial score (nSPS) is 11.7. The van der Waals surface area contributed by atoms with Gasteiger partial charge >= 0.3 is 0 Å². The lowest BCUT2D eigenvalue weighted by molar-refractivity contribution is 0.625. The van der Waals surface area contributed by atoms with E-state index in [0.29, 0.717) is 23.2 Å². The van der Waals surface area contributed by atoms with Crippen molar-refractivity contribution in [3.05, 3.63) is 164 Å². The van der Waals surface area contributed by atoms with Crippen LogP contribution in [0.4, 0.5) is 0 Å². The van der Waals surface area contributed by atoms with Gasteiger partial charge in [0.1, 0.15) is 5.58 Å². The summed E-state index contributed by atoms with van der Waals surface area (Å²) in [4.78, 5) is 15.1. The van der Waals surface area contributed by atoms with Gasteiger partial charge in [-0.05, 0) is 78.5 Å². The van der Waals surface area contributed by atoms with Crippen LogP contribution >= 0.6 is 0 Å². The number of aromatic nitrogens is 3. The fourth-order valence-electron chi connectivity index (χ4n) is 7.24. The molecule has 0 saturated carbocycles. The van der Waals surface area contributed by atoms with Crippen molar-refractivity contribution >= 4 is 54.1 Å². The molecule has 0 N–H and O–H groups in total. The quantitative estimate of drug-likeness (QED) is 0.144. The van der Waals surface area contributed by atoms with Gasteiger partial charge in [0.05, 0.1) is 0 Å². The lowest BCUT2D eigenvalue weighted by Crippen LogP contribution is -2.00. The first-order valence-corrected chi connectivity index (χ1v) is 16.4. The van der Waals surface area contributed by atoms with Gasteiger partial charge in [0.25, 0.3) is 0 Å². The highest BCUT2D eigenvalue weighted by atomic mass is 16.3. The van der Waals surface area contributed by atoms with Crippen molar-refractivity contribution in [1.29, 1.82) is 0 Å². The van der Waals surface area contributed by atoms with Crippen molar-refractivity contribution < 1.29 is 4.42 Å². The number of benzene rings is 8. The van der Waals surface area contributed by atoms with Crippen molar-refractivity contribution in [3.8, 4) is 45.5 Å². The summed E-state index contributed by atoms with van der Waals surface area (Å²) in [6, 6.07) is 57.2. The van der Waals surface area contributed by atoms with Crippen LogP contribution < -0.4 is 0 Å². The first-order valence-electron chi connectivity index (χ1n) is 16.4. The molecule has 4 heteroatoms. The van der Waals surface area contributed by atoms with Crippen LogP contribution in [0.15, 0.2) is 168 Å². The molecule has 0 aliphatic heterocycles. The maximum absolute atomic E-state index is 6.26. The topological polar surface area (TPSA) is 51.8 Å². The van der Waals surface area contributed by atoms with Crippen molar-refractivity contribution in [2.24, 2.45) is 0 Å². The summed E-state index contributed by atoms with van der Waals surface area (Å²) in [5.41, 5.74) is 5.05. The highest BCUT2D eigenvalue weighted by molar-refractivity contribution is 6.22. The molecule has 0 aliphatic rings. The summed E-state index contributed by atoms with van der Waals surface area (Å²) < 4.78 is 6.26. The summed E-state index contributed by atoms with van der Waals surface area (Å²) in [5, 5.41) is 10.6. The first-order chi connectivity index (χ1) is 24.3. The second kappa shape index (κ2) is 11.0. The Morgan fingerprint density at radius 2 is 0.959 bits per heavy atom. The number of hydrogen-bond donors (Lipinski definition) is 0. The van der Waals surface area contributed by atoms with Crippen LogP contribution in [0.3, 0.4) is 0 Å². The molecule has 0 unspecified atom stereocenters. The molecule has 8 aromatic carbocycles. The molecule has 0 saturated heterocycles. The third-order valence-corrected chi connectivity index (χ3v) is 9.52. The fraction of sp³-hybridized carbons (Fsp3) is 0. The Balaban J connectivity index is 1.24. The zero-order valence-corrected chi connectivity index (χ0v) is 26.3. The van der Waals surface area contributed by atoms with Crippen LogP contribution in [0, 0.1) is 0 Å². The van der Waals surface area contributed by atoms with E-state index in [4.69, 9.17) is 19.4 Å². The predicted octanol–water partition coefficient (Wildman–Crippen LogP) is 11.9. The summed E-state index contributed by atoms with van der Waals surface area (Å²) in [6.07, 6.45) is 0.